The number of nitrogens with zero attached hydrogens (tertiary/aromatic N) is 2. The van der Waals surface area contributed by atoms with Crippen molar-refractivity contribution in [2.75, 3.05) is 31.8 Å². The zero-order valence-corrected chi connectivity index (χ0v) is 9.47. The second-order valence-electron chi connectivity index (χ2n) is 3.60. The summed E-state index contributed by atoms with van der Waals surface area (Å²) in [6, 6.07) is 7.05. The SMILES string of the molecule is COc1ccc(C#N)cc1N1CCOCC1=O. The normalized spacial score (nSPS) is 15.5. The van der Waals surface area contributed by atoms with E-state index in [-0.39, 0.29) is 12.5 Å². The van der Waals surface area contributed by atoms with E-state index < -0.39 is 0 Å². The average Bonchev–Trinajstić information content (AvgIpc) is 2.38. The lowest BCUT2D eigenvalue weighted by molar-refractivity contribution is -0.125. The number of hydrogen-bond acceptors (Lipinski definition) is 4. The topological polar surface area (TPSA) is 62.6 Å². The van der Waals surface area contributed by atoms with Gasteiger partial charge in [-0.3, -0.25) is 4.79 Å². The summed E-state index contributed by atoms with van der Waals surface area (Å²) in [4.78, 5) is 13.3. The van der Waals surface area contributed by atoms with Crippen LogP contribution in [0.25, 0.3) is 0 Å². The van der Waals surface area contributed by atoms with Crippen LogP contribution in [0.4, 0.5) is 5.69 Å². The molecule has 1 aliphatic heterocycles. The second-order valence-corrected chi connectivity index (χ2v) is 3.60. The van der Waals surface area contributed by atoms with Crippen LogP contribution in [0.3, 0.4) is 0 Å². The van der Waals surface area contributed by atoms with Crippen LogP contribution in [0.1, 0.15) is 5.56 Å². The number of rotatable bonds is 2. The van der Waals surface area contributed by atoms with Crippen molar-refractivity contribution in [1.29, 1.82) is 5.26 Å². The molecule has 1 heterocycles. The number of anilines is 1. The first-order chi connectivity index (χ1) is 8.26. The summed E-state index contributed by atoms with van der Waals surface area (Å²) in [6.07, 6.45) is 0. The molecule has 0 unspecified atom stereocenters. The molecule has 0 N–H and O–H groups in total. The van der Waals surface area contributed by atoms with Crippen LogP contribution in [-0.2, 0) is 9.53 Å². The highest BCUT2D eigenvalue weighted by molar-refractivity contribution is 5.96. The standard InChI is InChI=1S/C12H12N2O3/c1-16-11-3-2-9(7-13)6-10(11)14-4-5-17-8-12(14)15/h2-3,6H,4-5,8H2,1H3. The summed E-state index contributed by atoms with van der Waals surface area (Å²) in [5.41, 5.74) is 1.12. The molecule has 17 heavy (non-hydrogen) atoms. The Morgan fingerprint density at radius 2 is 2.35 bits per heavy atom. The van der Waals surface area contributed by atoms with Gasteiger partial charge >= 0.3 is 0 Å². The van der Waals surface area contributed by atoms with Crippen LogP contribution in [0, 0.1) is 11.3 Å². The Kier molecular flexibility index (Phi) is 3.26. The first-order valence-electron chi connectivity index (χ1n) is 5.22. The molecule has 1 aromatic carbocycles. The smallest absolute Gasteiger partial charge is 0.253 e. The van der Waals surface area contributed by atoms with Crippen molar-refractivity contribution in [1.82, 2.24) is 0 Å². The van der Waals surface area contributed by atoms with Gasteiger partial charge in [0, 0.05) is 6.54 Å². The summed E-state index contributed by atoms with van der Waals surface area (Å²) in [5, 5.41) is 8.87. The molecule has 0 spiro atoms. The van der Waals surface area contributed by atoms with Gasteiger partial charge in [0.1, 0.15) is 12.4 Å². The molecular weight excluding hydrogens is 220 g/mol. The van der Waals surface area contributed by atoms with Gasteiger partial charge in [0.25, 0.3) is 5.91 Å². The van der Waals surface area contributed by atoms with Crippen LogP contribution in [0.15, 0.2) is 18.2 Å². The Morgan fingerprint density at radius 1 is 1.53 bits per heavy atom. The molecule has 0 saturated carbocycles. The summed E-state index contributed by atoms with van der Waals surface area (Å²) < 4.78 is 10.3. The van der Waals surface area contributed by atoms with Crippen molar-refractivity contribution >= 4 is 11.6 Å². The lowest BCUT2D eigenvalue weighted by Crippen LogP contribution is -2.41. The number of ether oxygens (including phenoxy) is 2. The van der Waals surface area contributed by atoms with Gasteiger partial charge in [-0.05, 0) is 18.2 Å². The molecule has 5 heteroatoms. The van der Waals surface area contributed by atoms with Crippen LogP contribution in [0.2, 0.25) is 0 Å². The Balaban J connectivity index is 2.41. The summed E-state index contributed by atoms with van der Waals surface area (Å²) in [6.45, 7) is 1.04. The van der Waals surface area contributed by atoms with E-state index in [4.69, 9.17) is 14.7 Å². The molecular formula is C12H12N2O3. The second kappa shape index (κ2) is 4.85. The van der Waals surface area contributed by atoms with E-state index in [1.54, 1.807) is 23.1 Å². The number of amides is 1. The molecule has 1 aliphatic rings. The Hall–Kier alpha value is -2.06. The molecule has 0 radical (unpaired) electrons. The minimum absolute atomic E-state index is 0.0694. The van der Waals surface area contributed by atoms with Crippen molar-refractivity contribution in [3.05, 3.63) is 23.8 Å². The molecule has 1 saturated heterocycles. The summed E-state index contributed by atoms with van der Waals surface area (Å²) in [5.74, 6) is 0.462. The van der Waals surface area contributed by atoms with Gasteiger partial charge in [-0.1, -0.05) is 0 Å². The molecule has 0 atom stereocenters. The number of carbonyl (C=O) groups is 1. The molecule has 88 valence electrons. The predicted octanol–water partition coefficient (Wildman–Crippen LogP) is 0.930. The number of hydrogen-bond donors (Lipinski definition) is 0. The van der Waals surface area contributed by atoms with Crippen molar-refractivity contribution in [3.8, 4) is 11.8 Å². The van der Waals surface area contributed by atoms with E-state index in [1.807, 2.05) is 6.07 Å². The molecule has 0 aromatic heterocycles. The van der Waals surface area contributed by atoms with Gasteiger partial charge < -0.3 is 14.4 Å². The Labute approximate surface area is 99.2 Å². The van der Waals surface area contributed by atoms with E-state index in [0.717, 1.165) is 0 Å². The van der Waals surface area contributed by atoms with E-state index >= 15 is 0 Å². The van der Waals surface area contributed by atoms with Crippen molar-refractivity contribution < 1.29 is 14.3 Å². The van der Waals surface area contributed by atoms with Crippen molar-refractivity contribution in [2.45, 2.75) is 0 Å². The third-order valence-electron chi connectivity index (χ3n) is 2.58. The quantitative estimate of drug-likeness (QED) is 0.761. The van der Waals surface area contributed by atoms with Gasteiger partial charge in [-0.15, -0.1) is 0 Å². The third kappa shape index (κ3) is 2.22. The minimum atomic E-state index is -0.121. The lowest BCUT2D eigenvalue weighted by atomic mass is 10.1. The predicted molar refractivity (Wildman–Crippen MR) is 60.9 cm³/mol. The fourth-order valence-electron chi connectivity index (χ4n) is 1.74. The lowest BCUT2D eigenvalue weighted by Gasteiger charge is -2.28. The van der Waals surface area contributed by atoms with Crippen LogP contribution < -0.4 is 9.64 Å². The molecule has 2 rings (SSSR count). The molecule has 1 aromatic rings. The van der Waals surface area contributed by atoms with E-state index in [0.29, 0.717) is 30.2 Å². The number of carbonyl (C=O) groups excluding carboxylic acids is 1. The van der Waals surface area contributed by atoms with Crippen LogP contribution in [-0.4, -0.2) is 32.8 Å². The summed E-state index contributed by atoms with van der Waals surface area (Å²) >= 11 is 0. The molecule has 0 aliphatic carbocycles. The largest absolute Gasteiger partial charge is 0.495 e. The first kappa shape index (κ1) is 11.4. The maximum Gasteiger partial charge on any atom is 0.253 e. The van der Waals surface area contributed by atoms with Crippen molar-refractivity contribution in [3.63, 3.8) is 0 Å². The highest BCUT2D eigenvalue weighted by Gasteiger charge is 2.23. The highest BCUT2D eigenvalue weighted by Crippen LogP contribution is 2.30. The fraction of sp³-hybridized carbons (Fsp3) is 0.333. The Bertz CT molecular complexity index is 479. The minimum Gasteiger partial charge on any atom is -0.495 e. The molecule has 1 fully saturated rings. The maximum atomic E-state index is 11.7. The Morgan fingerprint density at radius 3 is 3.00 bits per heavy atom. The van der Waals surface area contributed by atoms with E-state index in [9.17, 15) is 4.79 Å². The van der Waals surface area contributed by atoms with Gasteiger partial charge in [-0.2, -0.15) is 5.26 Å². The van der Waals surface area contributed by atoms with Gasteiger partial charge in [0.15, 0.2) is 0 Å². The molecule has 1 amide bonds. The molecule has 0 bridgehead atoms. The van der Waals surface area contributed by atoms with E-state index in [1.165, 1.54) is 7.11 Å². The van der Waals surface area contributed by atoms with E-state index in [2.05, 4.69) is 0 Å². The molecule has 5 nitrogen and oxygen atoms in total. The highest BCUT2D eigenvalue weighted by atomic mass is 16.5. The zero-order valence-electron chi connectivity index (χ0n) is 9.47. The zero-order chi connectivity index (χ0) is 12.3. The van der Waals surface area contributed by atoms with Gasteiger partial charge in [-0.25, -0.2) is 0 Å². The van der Waals surface area contributed by atoms with Gasteiger partial charge in [0.05, 0.1) is 31.0 Å². The summed E-state index contributed by atoms with van der Waals surface area (Å²) in [7, 11) is 1.54. The monoisotopic (exact) mass is 232 g/mol. The van der Waals surface area contributed by atoms with Gasteiger partial charge in [0.2, 0.25) is 0 Å². The number of methoxy groups -OCH3 is 1. The number of benzene rings is 1. The fourth-order valence-corrected chi connectivity index (χ4v) is 1.74. The first-order valence-corrected chi connectivity index (χ1v) is 5.22. The van der Waals surface area contributed by atoms with Crippen molar-refractivity contribution in [2.24, 2.45) is 0 Å². The number of nitriles is 1. The average molecular weight is 232 g/mol. The maximum absolute atomic E-state index is 11.7. The third-order valence-corrected chi connectivity index (χ3v) is 2.58. The number of morpholine rings is 1. The van der Waals surface area contributed by atoms with Crippen LogP contribution >= 0.6 is 0 Å². The van der Waals surface area contributed by atoms with Crippen LogP contribution in [0.5, 0.6) is 5.75 Å².